The molecule has 9 nitrogen and oxygen atoms in total. The normalized spacial score (nSPS) is 15.8. The van der Waals surface area contributed by atoms with Gasteiger partial charge < -0.3 is 5.32 Å². The van der Waals surface area contributed by atoms with Gasteiger partial charge in [0.2, 0.25) is 15.9 Å². The lowest BCUT2D eigenvalue weighted by molar-refractivity contribution is -0.384. The maximum Gasteiger partial charge on any atom is 0.269 e. The average Bonchev–Trinajstić information content (AvgIpc) is 2.69. The number of benzene rings is 2. The number of carbonyl (C=O) groups is 1. The number of amides is 1. The van der Waals surface area contributed by atoms with Crippen molar-refractivity contribution in [1.29, 1.82) is 0 Å². The number of non-ortho nitro benzene ring substituents is 1. The minimum absolute atomic E-state index is 0.0308. The molecular weight excluding hydrogens is 403 g/mol. The molecule has 1 fully saturated rings. The highest BCUT2D eigenvalue weighted by Gasteiger charge is 2.29. The summed E-state index contributed by atoms with van der Waals surface area (Å²) in [6.07, 6.45) is 0. The Hall–Kier alpha value is -2.89. The molecule has 1 heterocycles. The van der Waals surface area contributed by atoms with Crippen LogP contribution < -0.4 is 5.32 Å². The van der Waals surface area contributed by atoms with Crippen molar-refractivity contribution in [3.63, 3.8) is 0 Å². The van der Waals surface area contributed by atoms with E-state index in [1.54, 1.807) is 0 Å². The van der Waals surface area contributed by atoms with Crippen molar-refractivity contribution in [1.82, 2.24) is 9.21 Å². The van der Waals surface area contributed by atoms with Crippen LogP contribution in [0, 0.1) is 15.9 Å². The molecular formula is C18H19FN4O5S. The number of nitro groups is 1. The van der Waals surface area contributed by atoms with E-state index in [9.17, 15) is 27.7 Å². The molecule has 1 aliphatic heterocycles. The quantitative estimate of drug-likeness (QED) is 0.560. The summed E-state index contributed by atoms with van der Waals surface area (Å²) in [7, 11) is -3.71. The molecule has 1 saturated heterocycles. The summed E-state index contributed by atoms with van der Waals surface area (Å²) in [5.74, 6) is -0.804. The molecule has 2 aromatic carbocycles. The number of sulfonamides is 1. The molecule has 1 N–H and O–H groups in total. The van der Waals surface area contributed by atoms with Crippen molar-refractivity contribution in [2.45, 2.75) is 4.90 Å². The van der Waals surface area contributed by atoms with E-state index in [4.69, 9.17) is 0 Å². The fourth-order valence-corrected chi connectivity index (χ4v) is 4.38. The van der Waals surface area contributed by atoms with Crippen LogP contribution in [-0.2, 0) is 14.8 Å². The topological polar surface area (TPSA) is 113 Å². The van der Waals surface area contributed by atoms with Gasteiger partial charge in [0.15, 0.2) is 0 Å². The minimum atomic E-state index is -3.71. The zero-order valence-corrected chi connectivity index (χ0v) is 16.1. The van der Waals surface area contributed by atoms with E-state index in [1.165, 1.54) is 40.7 Å². The number of hydrogen-bond donors (Lipinski definition) is 1. The number of anilines is 1. The lowest BCUT2D eigenvalue weighted by Crippen LogP contribution is -2.50. The van der Waals surface area contributed by atoms with E-state index in [-0.39, 0.29) is 36.1 Å². The summed E-state index contributed by atoms with van der Waals surface area (Å²) in [5.41, 5.74) is 0.375. The van der Waals surface area contributed by atoms with Crippen LogP contribution in [0.3, 0.4) is 0 Å². The number of nitrogens with one attached hydrogen (secondary N) is 1. The first-order valence-corrected chi connectivity index (χ1v) is 10.2. The largest absolute Gasteiger partial charge is 0.325 e. The molecule has 0 saturated carbocycles. The van der Waals surface area contributed by atoms with Gasteiger partial charge >= 0.3 is 0 Å². The molecule has 0 aromatic heterocycles. The standard InChI is InChI=1S/C18H19FN4O5S/c19-14-1-7-17(8-2-14)29(27,28)22-11-9-21(10-12-22)13-18(24)20-15-3-5-16(6-4-15)23(25)26/h1-8H,9-13H2,(H,20,24). The molecule has 0 radical (unpaired) electrons. The molecule has 0 spiro atoms. The molecule has 2 aromatic rings. The second-order valence-corrected chi connectivity index (χ2v) is 8.42. The Balaban J connectivity index is 1.52. The highest BCUT2D eigenvalue weighted by molar-refractivity contribution is 7.89. The van der Waals surface area contributed by atoms with E-state index >= 15 is 0 Å². The Bertz CT molecular complexity index is 988. The van der Waals surface area contributed by atoms with Gasteiger partial charge in [-0.3, -0.25) is 19.8 Å². The fraction of sp³-hybridized carbons (Fsp3) is 0.278. The van der Waals surface area contributed by atoms with Gasteiger partial charge in [0.25, 0.3) is 5.69 Å². The number of nitro benzene ring substituents is 1. The van der Waals surface area contributed by atoms with Crippen molar-refractivity contribution in [2.75, 3.05) is 38.0 Å². The second-order valence-electron chi connectivity index (χ2n) is 6.49. The lowest BCUT2D eigenvalue weighted by atomic mass is 10.3. The molecule has 11 heteroatoms. The van der Waals surface area contributed by atoms with Crippen LogP contribution in [-0.4, -0.2) is 61.2 Å². The van der Waals surface area contributed by atoms with E-state index in [0.717, 1.165) is 12.1 Å². The maximum atomic E-state index is 13.0. The van der Waals surface area contributed by atoms with E-state index < -0.39 is 20.8 Å². The molecule has 154 valence electrons. The van der Waals surface area contributed by atoms with Crippen molar-refractivity contribution < 1.29 is 22.5 Å². The Morgan fingerprint density at radius 1 is 1.03 bits per heavy atom. The first-order chi connectivity index (χ1) is 13.8. The number of hydrogen-bond acceptors (Lipinski definition) is 6. The Morgan fingerprint density at radius 3 is 2.17 bits per heavy atom. The minimum Gasteiger partial charge on any atom is -0.325 e. The van der Waals surface area contributed by atoms with Crippen LogP contribution in [0.1, 0.15) is 0 Å². The molecule has 0 unspecified atom stereocenters. The first-order valence-electron chi connectivity index (χ1n) is 8.78. The van der Waals surface area contributed by atoms with Crippen molar-refractivity contribution in [2.24, 2.45) is 0 Å². The SMILES string of the molecule is O=C(CN1CCN(S(=O)(=O)c2ccc(F)cc2)CC1)Nc1ccc([N+](=O)[O-])cc1. The molecule has 0 aliphatic carbocycles. The number of halogens is 1. The molecule has 1 amide bonds. The second kappa shape index (κ2) is 8.64. The van der Waals surface area contributed by atoms with Gasteiger partial charge in [0.1, 0.15) is 5.82 Å². The van der Waals surface area contributed by atoms with Gasteiger partial charge in [0, 0.05) is 44.0 Å². The summed E-state index contributed by atoms with van der Waals surface area (Å²) in [4.78, 5) is 24.2. The summed E-state index contributed by atoms with van der Waals surface area (Å²) < 4.78 is 39.5. The van der Waals surface area contributed by atoms with E-state index in [1.807, 2.05) is 4.90 Å². The Morgan fingerprint density at radius 2 is 1.62 bits per heavy atom. The molecule has 1 aliphatic rings. The number of nitrogens with zero attached hydrogens (tertiary/aromatic N) is 3. The van der Waals surface area contributed by atoms with Crippen LogP contribution in [0.25, 0.3) is 0 Å². The zero-order chi connectivity index (χ0) is 21.0. The molecule has 0 bridgehead atoms. The van der Waals surface area contributed by atoms with Crippen LogP contribution in [0.15, 0.2) is 53.4 Å². The lowest BCUT2D eigenvalue weighted by Gasteiger charge is -2.33. The van der Waals surface area contributed by atoms with E-state index in [0.29, 0.717) is 18.8 Å². The average molecular weight is 422 g/mol. The fourth-order valence-electron chi connectivity index (χ4n) is 2.95. The monoisotopic (exact) mass is 422 g/mol. The third kappa shape index (κ3) is 5.13. The van der Waals surface area contributed by atoms with Gasteiger partial charge in [-0.15, -0.1) is 0 Å². The third-order valence-corrected chi connectivity index (χ3v) is 6.42. The number of rotatable bonds is 6. The van der Waals surface area contributed by atoms with Gasteiger partial charge in [-0.2, -0.15) is 4.31 Å². The smallest absolute Gasteiger partial charge is 0.269 e. The van der Waals surface area contributed by atoms with Gasteiger partial charge in [-0.25, -0.2) is 12.8 Å². The maximum absolute atomic E-state index is 13.0. The highest BCUT2D eigenvalue weighted by Crippen LogP contribution is 2.18. The van der Waals surface area contributed by atoms with Crippen LogP contribution in [0.4, 0.5) is 15.8 Å². The first kappa shape index (κ1) is 20.8. The van der Waals surface area contributed by atoms with Crippen LogP contribution in [0.2, 0.25) is 0 Å². The zero-order valence-electron chi connectivity index (χ0n) is 15.3. The molecule has 3 rings (SSSR count). The summed E-state index contributed by atoms with van der Waals surface area (Å²) in [6.45, 7) is 1.23. The predicted molar refractivity (Wildman–Crippen MR) is 103 cm³/mol. The van der Waals surface area contributed by atoms with Gasteiger partial charge in [-0.05, 0) is 36.4 Å². The van der Waals surface area contributed by atoms with Crippen molar-refractivity contribution >= 4 is 27.3 Å². The summed E-state index contributed by atoms with van der Waals surface area (Å²) >= 11 is 0. The molecule has 0 atom stereocenters. The molecule has 29 heavy (non-hydrogen) atoms. The summed E-state index contributed by atoms with van der Waals surface area (Å²) in [6, 6.07) is 10.2. The summed E-state index contributed by atoms with van der Waals surface area (Å²) in [5, 5.41) is 13.3. The van der Waals surface area contributed by atoms with Crippen LogP contribution >= 0.6 is 0 Å². The number of carbonyl (C=O) groups excluding carboxylic acids is 1. The van der Waals surface area contributed by atoms with Crippen LogP contribution in [0.5, 0.6) is 0 Å². The number of piperazine rings is 1. The van der Waals surface area contributed by atoms with Gasteiger partial charge in [-0.1, -0.05) is 0 Å². The van der Waals surface area contributed by atoms with Crippen molar-refractivity contribution in [3.05, 3.63) is 64.5 Å². The van der Waals surface area contributed by atoms with E-state index in [2.05, 4.69) is 5.32 Å². The predicted octanol–water partition coefficient (Wildman–Crippen LogP) is 1.68. The Kier molecular flexibility index (Phi) is 6.20. The highest BCUT2D eigenvalue weighted by atomic mass is 32.2. The Labute approximate surface area is 166 Å². The van der Waals surface area contributed by atoms with Crippen molar-refractivity contribution in [3.8, 4) is 0 Å². The van der Waals surface area contributed by atoms with Gasteiger partial charge in [0.05, 0.1) is 16.4 Å². The third-order valence-electron chi connectivity index (χ3n) is 4.51.